The van der Waals surface area contributed by atoms with Crippen LogP contribution in [0.2, 0.25) is 0 Å². The minimum Gasteiger partial charge on any atom is -0.481 e. The van der Waals surface area contributed by atoms with Crippen LogP contribution in [0.5, 0.6) is 5.88 Å². The number of imide groups is 1. The number of urea groups is 1. The van der Waals surface area contributed by atoms with Crippen molar-refractivity contribution in [2.75, 3.05) is 13.7 Å². The van der Waals surface area contributed by atoms with Gasteiger partial charge in [-0.1, -0.05) is 36.4 Å². The van der Waals surface area contributed by atoms with Crippen LogP contribution in [-0.4, -0.2) is 52.3 Å². The Balaban J connectivity index is 1.36. The number of rotatable bonds is 7. The second-order valence-electron chi connectivity index (χ2n) is 8.86. The van der Waals surface area contributed by atoms with Gasteiger partial charge in [-0.3, -0.25) is 14.5 Å². The van der Waals surface area contributed by atoms with Gasteiger partial charge < -0.3 is 15.0 Å². The van der Waals surface area contributed by atoms with Crippen molar-refractivity contribution in [3.8, 4) is 5.88 Å². The SMILES string of the molecule is COc1ccc(CN(C(=O)CN2C(=O)N[C@]3(C=Cc4ccccc43)C2=O)[C@@H](C)C2CC2)cn1. The quantitative estimate of drug-likeness (QED) is 0.661. The molecular weight excluding hydrogens is 420 g/mol. The number of fused-ring (bicyclic) bond motifs is 2. The highest BCUT2D eigenvalue weighted by molar-refractivity contribution is 6.12. The first kappa shape index (κ1) is 21.2. The fraction of sp³-hybridized carbons (Fsp3) is 0.360. The summed E-state index contributed by atoms with van der Waals surface area (Å²) in [5.41, 5.74) is 1.24. The first-order valence-corrected chi connectivity index (χ1v) is 11.1. The van der Waals surface area contributed by atoms with Crippen molar-refractivity contribution in [1.82, 2.24) is 20.1 Å². The lowest BCUT2D eigenvalue weighted by atomic mass is 9.92. The third kappa shape index (κ3) is 3.65. The van der Waals surface area contributed by atoms with Crippen LogP contribution < -0.4 is 10.1 Å². The first-order valence-electron chi connectivity index (χ1n) is 11.1. The van der Waals surface area contributed by atoms with E-state index < -0.39 is 17.5 Å². The van der Waals surface area contributed by atoms with Gasteiger partial charge in [-0.05, 0) is 48.4 Å². The molecule has 1 aromatic carbocycles. The molecule has 8 heteroatoms. The molecule has 2 heterocycles. The summed E-state index contributed by atoms with van der Waals surface area (Å²) in [4.78, 5) is 46.7. The Hall–Kier alpha value is -3.68. The molecule has 2 fully saturated rings. The van der Waals surface area contributed by atoms with E-state index >= 15 is 0 Å². The van der Waals surface area contributed by atoms with Gasteiger partial charge in [0.25, 0.3) is 5.91 Å². The van der Waals surface area contributed by atoms with E-state index in [9.17, 15) is 14.4 Å². The van der Waals surface area contributed by atoms with Crippen LogP contribution in [0.25, 0.3) is 6.08 Å². The van der Waals surface area contributed by atoms with E-state index in [-0.39, 0.29) is 18.5 Å². The fourth-order valence-electron chi connectivity index (χ4n) is 4.68. The number of carbonyl (C=O) groups excluding carboxylic acids is 3. The average Bonchev–Trinajstić information content (AvgIpc) is 3.58. The third-order valence-electron chi connectivity index (χ3n) is 6.80. The summed E-state index contributed by atoms with van der Waals surface area (Å²) in [6.07, 6.45) is 7.36. The van der Waals surface area contributed by atoms with Gasteiger partial charge in [0.05, 0.1) is 7.11 Å². The minimum atomic E-state index is -1.24. The molecule has 5 rings (SSSR count). The van der Waals surface area contributed by atoms with E-state index in [0.717, 1.165) is 34.4 Å². The summed E-state index contributed by atoms with van der Waals surface area (Å²) in [6, 6.07) is 10.5. The van der Waals surface area contributed by atoms with Crippen molar-refractivity contribution < 1.29 is 19.1 Å². The Kier molecular flexibility index (Phi) is 5.15. The van der Waals surface area contributed by atoms with E-state index in [1.807, 2.05) is 43.3 Å². The monoisotopic (exact) mass is 446 g/mol. The maximum Gasteiger partial charge on any atom is 0.326 e. The van der Waals surface area contributed by atoms with Gasteiger partial charge in [-0.2, -0.15) is 0 Å². The molecule has 4 amide bonds. The molecule has 0 unspecified atom stereocenters. The summed E-state index contributed by atoms with van der Waals surface area (Å²) in [6.45, 7) is 2.07. The predicted octanol–water partition coefficient (Wildman–Crippen LogP) is 2.69. The maximum atomic E-state index is 13.4. The number of carbonyl (C=O) groups is 3. The molecule has 2 aromatic rings. The lowest BCUT2D eigenvalue weighted by Gasteiger charge is -2.31. The molecule has 1 saturated heterocycles. The van der Waals surface area contributed by atoms with Crippen LogP contribution in [0.1, 0.15) is 36.5 Å². The van der Waals surface area contributed by atoms with E-state index in [1.165, 1.54) is 0 Å². The zero-order valence-electron chi connectivity index (χ0n) is 18.7. The zero-order chi connectivity index (χ0) is 23.2. The number of amides is 4. The predicted molar refractivity (Wildman–Crippen MR) is 121 cm³/mol. The second-order valence-corrected chi connectivity index (χ2v) is 8.86. The molecule has 1 N–H and O–H groups in total. The molecule has 8 nitrogen and oxygen atoms in total. The molecule has 3 aliphatic rings. The normalized spacial score (nSPS) is 21.8. The first-order chi connectivity index (χ1) is 15.9. The number of nitrogens with zero attached hydrogens (tertiary/aromatic N) is 3. The Morgan fingerprint density at radius 1 is 1.27 bits per heavy atom. The lowest BCUT2D eigenvalue weighted by molar-refractivity contribution is -0.140. The van der Waals surface area contributed by atoms with E-state index in [2.05, 4.69) is 10.3 Å². The topological polar surface area (TPSA) is 91.8 Å². The van der Waals surface area contributed by atoms with Gasteiger partial charge in [0.2, 0.25) is 11.8 Å². The minimum absolute atomic E-state index is 0.00132. The smallest absolute Gasteiger partial charge is 0.326 e. The summed E-state index contributed by atoms with van der Waals surface area (Å²) in [7, 11) is 1.55. The van der Waals surface area contributed by atoms with Crippen LogP contribution in [0, 0.1) is 5.92 Å². The Morgan fingerprint density at radius 2 is 2.06 bits per heavy atom. The van der Waals surface area contributed by atoms with Crippen LogP contribution in [0.4, 0.5) is 4.79 Å². The summed E-state index contributed by atoms with van der Waals surface area (Å²) in [5.74, 6) is 0.244. The molecule has 2 atom stereocenters. The molecule has 0 bridgehead atoms. The molecule has 1 aliphatic heterocycles. The third-order valence-corrected chi connectivity index (χ3v) is 6.80. The Labute approximate surface area is 192 Å². The largest absolute Gasteiger partial charge is 0.481 e. The Morgan fingerprint density at radius 3 is 2.76 bits per heavy atom. The van der Waals surface area contributed by atoms with Gasteiger partial charge in [0, 0.05) is 24.8 Å². The molecule has 1 saturated carbocycles. The highest BCUT2D eigenvalue weighted by Gasteiger charge is 2.54. The van der Waals surface area contributed by atoms with Crippen molar-refractivity contribution in [2.45, 2.75) is 37.9 Å². The average molecular weight is 447 g/mol. The van der Waals surface area contributed by atoms with E-state index in [1.54, 1.807) is 30.3 Å². The number of hydrogen-bond donors (Lipinski definition) is 1. The lowest BCUT2D eigenvalue weighted by Crippen LogP contribution is -2.47. The van der Waals surface area contributed by atoms with Crippen LogP contribution in [-0.2, 0) is 21.7 Å². The molecule has 1 aromatic heterocycles. The molecule has 170 valence electrons. The number of nitrogens with one attached hydrogen (secondary N) is 1. The van der Waals surface area contributed by atoms with Crippen LogP contribution >= 0.6 is 0 Å². The number of aromatic nitrogens is 1. The molecular formula is C25H26N4O4. The highest BCUT2D eigenvalue weighted by atomic mass is 16.5. The van der Waals surface area contributed by atoms with Gasteiger partial charge in [-0.15, -0.1) is 0 Å². The Bertz CT molecular complexity index is 1140. The van der Waals surface area contributed by atoms with Crippen molar-refractivity contribution in [3.05, 3.63) is 65.4 Å². The van der Waals surface area contributed by atoms with Crippen LogP contribution in [0.15, 0.2) is 48.7 Å². The number of pyridine rings is 1. The standard InChI is InChI=1S/C25H26N4O4/c1-16(18-8-9-18)28(14-17-7-10-21(33-2)26-13-17)22(30)15-29-23(31)25(27-24(29)32)12-11-19-5-3-4-6-20(19)25/h3-7,10-13,16,18H,8-9,14-15H2,1-2H3,(H,27,32)/t16-,25-/m0/s1. The van der Waals surface area contributed by atoms with Gasteiger partial charge in [0.1, 0.15) is 6.54 Å². The number of ether oxygens (including phenoxy) is 1. The van der Waals surface area contributed by atoms with Gasteiger partial charge in [-0.25, -0.2) is 9.78 Å². The molecule has 1 spiro atoms. The molecule has 33 heavy (non-hydrogen) atoms. The number of methoxy groups -OCH3 is 1. The van der Waals surface area contributed by atoms with Gasteiger partial charge in [0.15, 0.2) is 5.54 Å². The summed E-state index contributed by atoms with van der Waals surface area (Å²) >= 11 is 0. The number of hydrogen-bond acceptors (Lipinski definition) is 5. The van der Waals surface area contributed by atoms with Crippen molar-refractivity contribution in [3.63, 3.8) is 0 Å². The zero-order valence-corrected chi connectivity index (χ0v) is 18.7. The fourth-order valence-corrected chi connectivity index (χ4v) is 4.68. The highest BCUT2D eigenvalue weighted by Crippen LogP contribution is 2.39. The summed E-state index contributed by atoms with van der Waals surface area (Å²) < 4.78 is 5.11. The molecule has 0 radical (unpaired) electrons. The maximum absolute atomic E-state index is 13.4. The van der Waals surface area contributed by atoms with Crippen molar-refractivity contribution in [2.24, 2.45) is 5.92 Å². The second kappa shape index (κ2) is 8.03. The summed E-state index contributed by atoms with van der Waals surface area (Å²) in [5, 5.41) is 2.81. The van der Waals surface area contributed by atoms with E-state index in [0.29, 0.717) is 18.3 Å². The van der Waals surface area contributed by atoms with Gasteiger partial charge >= 0.3 is 6.03 Å². The number of benzene rings is 1. The van der Waals surface area contributed by atoms with Crippen molar-refractivity contribution in [1.29, 1.82) is 0 Å². The molecule has 2 aliphatic carbocycles. The van der Waals surface area contributed by atoms with Crippen LogP contribution in [0.3, 0.4) is 0 Å². The van der Waals surface area contributed by atoms with E-state index in [4.69, 9.17) is 4.74 Å². The van der Waals surface area contributed by atoms with Crippen molar-refractivity contribution >= 4 is 23.9 Å².